The number of nitrogens with two attached hydrogens (primary N) is 1. The van der Waals surface area contributed by atoms with Crippen LogP contribution in [-0.2, 0) is 15.8 Å². The Morgan fingerprint density at radius 2 is 1.95 bits per heavy atom. The van der Waals surface area contributed by atoms with Gasteiger partial charge in [0.05, 0.1) is 17.8 Å². The van der Waals surface area contributed by atoms with Crippen LogP contribution < -0.4 is 15.8 Å². The third-order valence-corrected chi connectivity index (χ3v) is 6.75. The van der Waals surface area contributed by atoms with Crippen molar-refractivity contribution in [3.63, 3.8) is 0 Å². The molecule has 0 aliphatic carbocycles. The van der Waals surface area contributed by atoms with Crippen LogP contribution in [0.1, 0.15) is 35.5 Å². The minimum absolute atomic E-state index is 0.00583. The smallest absolute Gasteiger partial charge is 0.251 e. The Labute approximate surface area is 212 Å². The summed E-state index contributed by atoms with van der Waals surface area (Å²) in [6.07, 6.45) is 1.65. The number of benzene rings is 2. The molecule has 2 atom stereocenters. The number of nitrogens with zero attached hydrogens (tertiary/aromatic N) is 2. The van der Waals surface area contributed by atoms with Gasteiger partial charge in [0.1, 0.15) is 34.9 Å². The third-order valence-electron chi connectivity index (χ3n) is 6.75. The van der Waals surface area contributed by atoms with E-state index in [4.69, 9.17) is 10.5 Å². The summed E-state index contributed by atoms with van der Waals surface area (Å²) < 4.78 is 19.4. The predicted octanol–water partition coefficient (Wildman–Crippen LogP) is 3.21. The highest BCUT2D eigenvalue weighted by Crippen LogP contribution is 2.45. The first-order chi connectivity index (χ1) is 17.6. The van der Waals surface area contributed by atoms with Gasteiger partial charge in [-0.2, -0.15) is 0 Å². The summed E-state index contributed by atoms with van der Waals surface area (Å²) in [5.41, 5.74) is 5.54. The molecule has 0 radical (unpaired) electrons. The van der Waals surface area contributed by atoms with E-state index in [1.807, 2.05) is 12.1 Å². The zero-order valence-corrected chi connectivity index (χ0v) is 20.3. The summed E-state index contributed by atoms with van der Waals surface area (Å²) in [5, 5.41) is 15.1. The predicted molar refractivity (Wildman–Crippen MR) is 135 cm³/mol. The lowest BCUT2D eigenvalue weighted by molar-refractivity contribution is -0.123. The second-order valence-corrected chi connectivity index (χ2v) is 9.59. The molecule has 3 heterocycles. The third kappa shape index (κ3) is 4.38. The number of aromatic nitrogens is 2. The largest absolute Gasteiger partial charge is 0.489 e. The van der Waals surface area contributed by atoms with E-state index in [1.165, 1.54) is 31.2 Å². The van der Waals surface area contributed by atoms with Gasteiger partial charge in [0.15, 0.2) is 0 Å². The van der Waals surface area contributed by atoms with Gasteiger partial charge >= 0.3 is 0 Å². The quantitative estimate of drug-likeness (QED) is 0.373. The van der Waals surface area contributed by atoms with Crippen molar-refractivity contribution >= 4 is 22.7 Å². The Morgan fingerprint density at radius 3 is 2.68 bits per heavy atom. The van der Waals surface area contributed by atoms with Crippen LogP contribution in [0, 0.1) is 5.82 Å². The molecule has 2 amide bonds. The van der Waals surface area contributed by atoms with Gasteiger partial charge in [-0.05, 0) is 62.4 Å². The molecule has 188 valence electrons. The number of hydrogen-bond acceptors (Lipinski definition) is 6. The van der Waals surface area contributed by atoms with Gasteiger partial charge in [-0.15, -0.1) is 0 Å². The number of primary amides is 1. The maximum atomic E-state index is 13.6. The van der Waals surface area contributed by atoms with E-state index in [0.29, 0.717) is 33.7 Å². The zero-order chi connectivity index (χ0) is 26.4. The number of ether oxygens (including phenoxy) is 1. The van der Waals surface area contributed by atoms with Gasteiger partial charge in [0.2, 0.25) is 5.91 Å². The van der Waals surface area contributed by atoms with Crippen molar-refractivity contribution in [1.82, 2.24) is 15.3 Å². The van der Waals surface area contributed by atoms with E-state index in [1.54, 1.807) is 37.4 Å². The van der Waals surface area contributed by atoms with Gasteiger partial charge in [0.25, 0.3) is 5.91 Å². The van der Waals surface area contributed by atoms with E-state index in [9.17, 15) is 19.1 Å². The van der Waals surface area contributed by atoms with Gasteiger partial charge in [-0.3, -0.25) is 14.6 Å². The van der Waals surface area contributed by atoms with E-state index in [-0.39, 0.29) is 18.8 Å². The Morgan fingerprint density at radius 1 is 1.19 bits per heavy atom. The summed E-state index contributed by atoms with van der Waals surface area (Å²) in [7, 11) is 0. The summed E-state index contributed by atoms with van der Waals surface area (Å²) in [6, 6.07) is 16.1. The first kappa shape index (κ1) is 24.3. The molecule has 0 spiro atoms. The SMILES string of the molecule is C[C@](O)(CNC(=O)c1ccc2cccnc2c1)c1cc2c(c(-c3ccc(F)cc3)n1)OC[C@]2(C)C(N)=O. The number of amides is 2. The Balaban J connectivity index is 1.49. The molecule has 4 N–H and O–H groups in total. The van der Waals surface area contributed by atoms with Crippen LogP contribution in [0.15, 0.2) is 66.9 Å². The number of pyridine rings is 2. The number of carbonyl (C=O) groups is 2. The molecule has 5 rings (SSSR count). The first-order valence-corrected chi connectivity index (χ1v) is 11.7. The van der Waals surface area contributed by atoms with Crippen molar-refractivity contribution in [3.8, 4) is 17.0 Å². The molecule has 0 unspecified atom stereocenters. The highest BCUT2D eigenvalue weighted by atomic mass is 19.1. The topological polar surface area (TPSA) is 127 Å². The van der Waals surface area contributed by atoms with E-state index in [2.05, 4.69) is 15.3 Å². The average Bonchev–Trinajstić information content (AvgIpc) is 3.25. The van der Waals surface area contributed by atoms with Crippen LogP contribution in [0.5, 0.6) is 5.75 Å². The molecule has 1 aliphatic heterocycles. The zero-order valence-electron chi connectivity index (χ0n) is 20.3. The van der Waals surface area contributed by atoms with Crippen LogP contribution in [0.25, 0.3) is 22.2 Å². The molecular formula is C28H25FN4O4. The van der Waals surface area contributed by atoms with E-state index >= 15 is 0 Å². The number of rotatable bonds is 6. The molecule has 0 saturated carbocycles. The van der Waals surface area contributed by atoms with Crippen LogP contribution in [0.4, 0.5) is 4.39 Å². The van der Waals surface area contributed by atoms with Crippen LogP contribution >= 0.6 is 0 Å². The summed E-state index contributed by atoms with van der Waals surface area (Å²) in [4.78, 5) is 34.1. The monoisotopic (exact) mass is 500 g/mol. The van der Waals surface area contributed by atoms with Crippen LogP contribution in [0.2, 0.25) is 0 Å². The molecule has 0 saturated heterocycles. The molecule has 0 fully saturated rings. The van der Waals surface area contributed by atoms with Gasteiger partial charge < -0.3 is 20.9 Å². The summed E-state index contributed by atoms with van der Waals surface area (Å²) >= 11 is 0. The fourth-order valence-electron chi connectivity index (χ4n) is 4.32. The van der Waals surface area contributed by atoms with Crippen LogP contribution in [0.3, 0.4) is 0 Å². The number of fused-ring (bicyclic) bond motifs is 2. The molecule has 8 nitrogen and oxygen atoms in total. The molecule has 2 aromatic heterocycles. The van der Waals surface area contributed by atoms with E-state index < -0.39 is 28.6 Å². The second kappa shape index (κ2) is 8.94. The number of nitrogens with one attached hydrogen (secondary N) is 1. The van der Waals surface area contributed by atoms with Crippen molar-refractivity contribution in [1.29, 1.82) is 0 Å². The maximum absolute atomic E-state index is 13.6. The lowest BCUT2D eigenvalue weighted by atomic mass is 9.82. The molecule has 2 aromatic carbocycles. The average molecular weight is 501 g/mol. The number of aliphatic hydroxyl groups is 1. The minimum Gasteiger partial charge on any atom is -0.489 e. The highest BCUT2D eigenvalue weighted by molar-refractivity contribution is 5.97. The fraction of sp³-hybridized carbons (Fsp3) is 0.214. The number of carbonyl (C=O) groups excluding carboxylic acids is 2. The summed E-state index contributed by atoms with van der Waals surface area (Å²) in [5.74, 6) is -1.05. The number of halogens is 1. The lowest BCUT2D eigenvalue weighted by Crippen LogP contribution is -2.41. The number of hydrogen-bond donors (Lipinski definition) is 3. The standard InChI is InChI=1S/C28H25FN4O4/c1-27(26(30)35)15-37-24-20(27)13-22(33-23(24)17-7-9-19(29)10-8-17)28(2,36)14-32-25(34)18-6-5-16-4-3-11-31-21(16)12-18/h3-13,36H,14-15H2,1-2H3,(H2,30,35)(H,32,34)/t27-,28-/m0/s1. The van der Waals surface area contributed by atoms with Gasteiger partial charge in [-0.1, -0.05) is 12.1 Å². The van der Waals surface area contributed by atoms with Crippen LogP contribution in [-0.4, -0.2) is 40.0 Å². The van der Waals surface area contributed by atoms with Crippen molar-refractivity contribution in [2.45, 2.75) is 24.9 Å². The van der Waals surface area contributed by atoms with Crippen molar-refractivity contribution in [2.75, 3.05) is 13.2 Å². The van der Waals surface area contributed by atoms with Crippen molar-refractivity contribution < 1.29 is 23.8 Å². The molecule has 4 aromatic rings. The normalized spacial score (nSPS) is 18.1. The van der Waals surface area contributed by atoms with Gasteiger partial charge in [-0.25, -0.2) is 9.37 Å². The second-order valence-electron chi connectivity index (χ2n) is 9.59. The molecule has 37 heavy (non-hydrogen) atoms. The van der Waals surface area contributed by atoms with Gasteiger partial charge in [0, 0.05) is 28.3 Å². The minimum atomic E-state index is -1.63. The summed E-state index contributed by atoms with van der Waals surface area (Å²) in [6.45, 7) is 3.00. The van der Waals surface area contributed by atoms with E-state index in [0.717, 1.165) is 5.39 Å². The molecule has 9 heteroatoms. The first-order valence-electron chi connectivity index (χ1n) is 11.7. The Kier molecular flexibility index (Phi) is 5.88. The molecular weight excluding hydrogens is 475 g/mol. The lowest BCUT2D eigenvalue weighted by Gasteiger charge is -2.26. The Bertz CT molecular complexity index is 1540. The van der Waals surface area contributed by atoms with Crippen molar-refractivity contribution in [2.24, 2.45) is 5.73 Å². The fourth-order valence-corrected chi connectivity index (χ4v) is 4.32. The molecule has 1 aliphatic rings. The Hall–Kier alpha value is -4.37. The highest BCUT2D eigenvalue weighted by Gasteiger charge is 2.45. The van der Waals surface area contributed by atoms with Crippen molar-refractivity contribution in [3.05, 3.63) is 89.5 Å². The molecule has 0 bridgehead atoms. The maximum Gasteiger partial charge on any atom is 0.251 e.